The third-order valence-corrected chi connectivity index (χ3v) is 3.05. The van der Waals surface area contributed by atoms with Gasteiger partial charge in [-0.25, -0.2) is 0 Å². The summed E-state index contributed by atoms with van der Waals surface area (Å²) < 4.78 is 11.0. The second kappa shape index (κ2) is 9.60. The Hall–Kier alpha value is -1.30. The van der Waals surface area contributed by atoms with Gasteiger partial charge in [0.15, 0.2) is 0 Å². The summed E-state index contributed by atoms with van der Waals surface area (Å²) in [4.78, 5) is 12.0. The summed E-state index contributed by atoms with van der Waals surface area (Å²) in [5.41, 5.74) is 0.725. The first-order valence-electron chi connectivity index (χ1n) is 7.12. The smallest absolute Gasteiger partial charge is 0.226 e. The van der Waals surface area contributed by atoms with Crippen LogP contribution in [0.5, 0.6) is 5.75 Å². The monoisotopic (exact) mass is 314 g/mol. The van der Waals surface area contributed by atoms with Gasteiger partial charge in [0.2, 0.25) is 5.91 Å². The zero-order chi connectivity index (χ0) is 14.2. The van der Waals surface area contributed by atoms with E-state index in [1.54, 1.807) is 0 Å². The van der Waals surface area contributed by atoms with Crippen molar-refractivity contribution >= 4 is 24.0 Å². The molecular weight excluding hydrogens is 292 g/mol. The van der Waals surface area contributed by atoms with Crippen LogP contribution >= 0.6 is 12.4 Å². The maximum Gasteiger partial charge on any atom is 0.226 e. The van der Waals surface area contributed by atoms with E-state index in [-0.39, 0.29) is 24.4 Å². The molecule has 1 fully saturated rings. The average molecular weight is 315 g/mol. The van der Waals surface area contributed by atoms with Gasteiger partial charge in [-0.3, -0.25) is 4.79 Å². The lowest BCUT2D eigenvalue weighted by Gasteiger charge is -2.23. The van der Waals surface area contributed by atoms with Crippen LogP contribution in [-0.2, 0) is 9.53 Å². The SMILES string of the molecule is CCCOc1ccccc1NC(=O)CC1COCCN1.Cl. The molecule has 1 heterocycles. The molecule has 1 aliphatic rings. The van der Waals surface area contributed by atoms with Crippen LogP contribution < -0.4 is 15.4 Å². The Kier molecular flexibility index (Phi) is 8.12. The normalized spacial score (nSPS) is 17.7. The van der Waals surface area contributed by atoms with Gasteiger partial charge >= 0.3 is 0 Å². The molecule has 0 saturated carbocycles. The molecule has 1 aromatic rings. The number of benzene rings is 1. The Morgan fingerprint density at radius 2 is 2.29 bits per heavy atom. The van der Waals surface area contributed by atoms with Gasteiger partial charge in [-0.15, -0.1) is 12.4 Å². The van der Waals surface area contributed by atoms with Crippen LogP contribution in [0.1, 0.15) is 19.8 Å². The molecular formula is C15H23ClN2O3. The number of anilines is 1. The van der Waals surface area contributed by atoms with Crippen molar-refractivity contribution in [3.8, 4) is 5.75 Å². The van der Waals surface area contributed by atoms with Gasteiger partial charge < -0.3 is 20.1 Å². The molecule has 2 N–H and O–H groups in total. The van der Waals surface area contributed by atoms with Crippen molar-refractivity contribution in [2.45, 2.75) is 25.8 Å². The number of hydrogen-bond acceptors (Lipinski definition) is 4. The zero-order valence-electron chi connectivity index (χ0n) is 12.3. The van der Waals surface area contributed by atoms with E-state index in [4.69, 9.17) is 9.47 Å². The molecule has 118 valence electrons. The largest absolute Gasteiger partial charge is 0.491 e. The van der Waals surface area contributed by atoms with E-state index in [9.17, 15) is 4.79 Å². The van der Waals surface area contributed by atoms with Crippen LogP contribution in [-0.4, -0.2) is 38.3 Å². The Bertz CT molecular complexity index is 437. The molecule has 0 spiro atoms. The predicted molar refractivity (Wildman–Crippen MR) is 85.3 cm³/mol. The second-order valence-corrected chi connectivity index (χ2v) is 4.82. The third-order valence-electron chi connectivity index (χ3n) is 3.05. The molecule has 0 aromatic heterocycles. The minimum absolute atomic E-state index is 0. The van der Waals surface area contributed by atoms with Gasteiger partial charge in [-0.2, -0.15) is 0 Å². The van der Waals surface area contributed by atoms with E-state index in [0.717, 1.165) is 24.4 Å². The number of morpholine rings is 1. The Morgan fingerprint density at radius 1 is 1.48 bits per heavy atom. The van der Waals surface area contributed by atoms with Crippen molar-refractivity contribution in [2.24, 2.45) is 0 Å². The topological polar surface area (TPSA) is 59.6 Å². The summed E-state index contributed by atoms with van der Waals surface area (Å²) in [6, 6.07) is 7.60. The molecule has 6 heteroatoms. The lowest BCUT2D eigenvalue weighted by molar-refractivity contribution is -0.117. The number of carbonyl (C=O) groups excluding carboxylic acids is 1. The van der Waals surface area contributed by atoms with Gasteiger partial charge in [-0.1, -0.05) is 19.1 Å². The van der Waals surface area contributed by atoms with Gasteiger partial charge in [0.05, 0.1) is 25.5 Å². The average Bonchev–Trinajstić information content (AvgIpc) is 2.47. The fourth-order valence-corrected chi connectivity index (χ4v) is 2.08. The molecule has 1 amide bonds. The number of halogens is 1. The highest BCUT2D eigenvalue weighted by Crippen LogP contribution is 2.24. The van der Waals surface area contributed by atoms with Crippen LogP contribution in [0, 0.1) is 0 Å². The van der Waals surface area contributed by atoms with E-state index in [1.807, 2.05) is 24.3 Å². The minimum atomic E-state index is -0.0273. The molecule has 0 radical (unpaired) electrons. The van der Waals surface area contributed by atoms with Gasteiger partial charge in [0.1, 0.15) is 5.75 Å². The van der Waals surface area contributed by atoms with E-state index in [2.05, 4.69) is 17.6 Å². The van der Waals surface area contributed by atoms with Crippen LogP contribution in [0.4, 0.5) is 5.69 Å². The minimum Gasteiger partial charge on any atom is -0.491 e. The Labute approximate surface area is 131 Å². The first kappa shape index (κ1) is 17.8. The summed E-state index contributed by atoms with van der Waals surface area (Å²) in [6.45, 7) is 4.79. The molecule has 21 heavy (non-hydrogen) atoms. The van der Waals surface area contributed by atoms with Crippen molar-refractivity contribution in [3.63, 3.8) is 0 Å². The number of rotatable bonds is 6. The molecule has 1 aliphatic heterocycles. The summed E-state index contributed by atoms with van der Waals surface area (Å²) >= 11 is 0. The van der Waals surface area contributed by atoms with Crippen LogP contribution in [0.3, 0.4) is 0 Å². The van der Waals surface area contributed by atoms with Crippen molar-refractivity contribution in [2.75, 3.05) is 31.7 Å². The van der Waals surface area contributed by atoms with Crippen molar-refractivity contribution in [1.29, 1.82) is 0 Å². The van der Waals surface area contributed by atoms with E-state index in [0.29, 0.717) is 26.2 Å². The summed E-state index contributed by atoms with van der Waals surface area (Å²) in [5.74, 6) is 0.691. The molecule has 0 bridgehead atoms. The van der Waals surface area contributed by atoms with Crippen LogP contribution in [0.2, 0.25) is 0 Å². The first-order valence-corrected chi connectivity index (χ1v) is 7.12. The molecule has 1 aromatic carbocycles. The number of carbonyl (C=O) groups is 1. The van der Waals surface area contributed by atoms with Gasteiger partial charge in [0, 0.05) is 19.0 Å². The molecule has 1 unspecified atom stereocenters. The van der Waals surface area contributed by atoms with Crippen molar-refractivity contribution in [1.82, 2.24) is 5.32 Å². The standard InChI is InChI=1S/C15H22N2O3.ClH/c1-2-8-20-14-6-4-3-5-13(14)17-15(18)10-12-11-19-9-7-16-12;/h3-6,12,16H,2,7-11H2,1H3,(H,17,18);1H. The van der Waals surface area contributed by atoms with Crippen LogP contribution in [0.15, 0.2) is 24.3 Å². The highest BCUT2D eigenvalue weighted by atomic mass is 35.5. The maximum atomic E-state index is 12.0. The van der Waals surface area contributed by atoms with E-state index < -0.39 is 0 Å². The third kappa shape index (κ3) is 5.91. The molecule has 5 nitrogen and oxygen atoms in total. The maximum absolute atomic E-state index is 12.0. The Balaban J connectivity index is 0.00000220. The summed E-state index contributed by atoms with van der Waals surface area (Å²) in [5, 5.41) is 6.17. The van der Waals surface area contributed by atoms with Gasteiger partial charge in [0.25, 0.3) is 0 Å². The quantitative estimate of drug-likeness (QED) is 0.845. The summed E-state index contributed by atoms with van der Waals surface area (Å²) in [7, 11) is 0. The number of ether oxygens (including phenoxy) is 2. The lowest BCUT2D eigenvalue weighted by atomic mass is 10.2. The molecule has 1 atom stereocenters. The fraction of sp³-hybridized carbons (Fsp3) is 0.533. The number of para-hydroxylation sites is 2. The number of amides is 1. The number of nitrogens with one attached hydrogen (secondary N) is 2. The highest BCUT2D eigenvalue weighted by Gasteiger charge is 2.17. The molecule has 1 saturated heterocycles. The highest BCUT2D eigenvalue weighted by molar-refractivity contribution is 5.92. The molecule has 0 aliphatic carbocycles. The van der Waals surface area contributed by atoms with Gasteiger partial charge in [-0.05, 0) is 18.6 Å². The lowest BCUT2D eigenvalue weighted by Crippen LogP contribution is -2.43. The second-order valence-electron chi connectivity index (χ2n) is 4.82. The first-order chi connectivity index (χ1) is 9.79. The number of hydrogen-bond donors (Lipinski definition) is 2. The molecule has 2 rings (SSSR count). The van der Waals surface area contributed by atoms with E-state index >= 15 is 0 Å². The van der Waals surface area contributed by atoms with Crippen molar-refractivity contribution < 1.29 is 14.3 Å². The fourth-order valence-electron chi connectivity index (χ4n) is 2.08. The van der Waals surface area contributed by atoms with Crippen molar-refractivity contribution in [3.05, 3.63) is 24.3 Å². The van der Waals surface area contributed by atoms with E-state index in [1.165, 1.54) is 0 Å². The zero-order valence-corrected chi connectivity index (χ0v) is 13.1. The van der Waals surface area contributed by atoms with Crippen LogP contribution in [0.25, 0.3) is 0 Å². The summed E-state index contributed by atoms with van der Waals surface area (Å²) in [6.07, 6.45) is 1.34. The predicted octanol–water partition coefficient (Wildman–Crippen LogP) is 2.21. The Morgan fingerprint density at radius 3 is 3.00 bits per heavy atom.